The molecule has 0 aromatic heterocycles. The van der Waals surface area contributed by atoms with Gasteiger partial charge in [0.05, 0.1) is 13.0 Å². The number of Topliss-reactive ketones (excluding diaryl/α,β-unsaturated/α-hetero) is 1. The number of ether oxygens (including phenoxy) is 1. The van der Waals surface area contributed by atoms with Crippen molar-refractivity contribution in [3.05, 3.63) is 34.9 Å². The van der Waals surface area contributed by atoms with E-state index in [0.29, 0.717) is 10.6 Å². The van der Waals surface area contributed by atoms with Gasteiger partial charge in [-0.2, -0.15) is 0 Å². The Kier molecular flexibility index (Phi) is 8.62. The molecule has 0 saturated heterocycles. The summed E-state index contributed by atoms with van der Waals surface area (Å²) in [5.41, 5.74) is 0.537. The molecule has 25 heavy (non-hydrogen) atoms. The van der Waals surface area contributed by atoms with Crippen molar-refractivity contribution < 1.29 is 19.1 Å². The summed E-state index contributed by atoms with van der Waals surface area (Å²) >= 11 is 5.81. The standard InChI is InChI=1S/C19H26ClNO4/c1-5-14(3)21(12-13(2)19(24)25-4)18(23)11-10-17(22)15-6-8-16(20)9-7-15/h6-9,13-14H,5,10-12H2,1-4H3. The van der Waals surface area contributed by atoms with Crippen LogP contribution < -0.4 is 0 Å². The van der Waals surface area contributed by atoms with E-state index in [-0.39, 0.29) is 43.1 Å². The maximum absolute atomic E-state index is 12.6. The molecule has 0 radical (unpaired) electrons. The lowest BCUT2D eigenvalue weighted by Gasteiger charge is -2.30. The number of methoxy groups -OCH3 is 1. The second-order valence-corrected chi connectivity index (χ2v) is 6.59. The van der Waals surface area contributed by atoms with Crippen molar-refractivity contribution in [3.63, 3.8) is 0 Å². The Morgan fingerprint density at radius 2 is 1.72 bits per heavy atom. The van der Waals surface area contributed by atoms with Crippen LogP contribution in [0.5, 0.6) is 0 Å². The quantitative estimate of drug-likeness (QED) is 0.492. The van der Waals surface area contributed by atoms with E-state index in [4.69, 9.17) is 16.3 Å². The monoisotopic (exact) mass is 367 g/mol. The zero-order valence-corrected chi connectivity index (χ0v) is 16.0. The molecule has 1 rings (SSSR count). The van der Waals surface area contributed by atoms with Crippen molar-refractivity contribution in [1.82, 2.24) is 4.90 Å². The molecule has 0 aliphatic carbocycles. The zero-order chi connectivity index (χ0) is 19.0. The van der Waals surface area contributed by atoms with E-state index >= 15 is 0 Å². The molecule has 1 aromatic rings. The number of carbonyl (C=O) groups is 3. The Balaban J connectivity index is 2.69. The minimum Gasteiger partial charge on any atom is -0.469 e. The van der Waals surface area contributed by atoms with Gasteiger partial charge >= 0.3 is 5.97 Å². The lowest BCUT2D eigenvalue weighted by atomic mass is 10.0. The second kappa shape index (κ2) is 10.2. The third-order valence-electron chi connectivity index (χ3n) is 4.25. The third kappa shape index (κ3) is 6.50. The minimum absolute atomic E-state index is 0.00904. The fourth-order valence-electron chi connectivity index (χ4n) is 2.46. The first kappa shape index (κ1) is 21.2. The predicted molar refractivity (Wildman–Crippen MR) is 97.7 cm³/mol. The van der Waals surface area contributed by atoms with Crippen LogP contribution in [0, 0.1) is 5.92 Å². The van der Waals surface area contributed by atoms with E-state index in [9.17, 15) is 14.4 Å². The molecule has 0 spiro atoms. The van der Waals surface area contributed by atoms with Crippen LogP contribution in [0.25, 0.3) is 0 Å². The summed E-state index contributed by atoms with van der Waals surface area (Å²) in [6.07, 6.45) is 1.00. The van der Waals surface area contributed by atoms with Crippen LogP contribution in [0.15, 0.2) is 24.3 Å². The molecular formula is C19H26ClNO4. The molecule has 1 amide bonds. The molecule has 2 atom stereocenters. The SMILES string of the molecule is CCC(C)N(CC(C)C(=O)OC)C(=O)CCC(=O)c1ccc(Cl)cc1. The highest BCUT2D eigenvalue weighted by atomic mass is 35.5. The highest BCUT2D eigenvalue weighted by molar-refractivity contribution is 6.30. The lowest BCUT2D eigenvalue weighted by Crippen LogP contribution is -2.42. The molecule has 0 N–H and O–H groups in total. The molecule has 5 nitrogen and oxygen atoms in total. The van der Waals surface area contributed by atoms with Crippen LogP contribution in [0.2, 0.25) is 5.02 Å². The number of esters is 1. The van der Waals surface area contributed by atoms with Crippen LogP contribution in [-0.2, 0) is 14.3 Å². The van der Waals surface area contributed by atoms with Crippen LogP contribution in [-0.4, -0.2) is 42.3 Å². The van der Waals surface area contributed by atoms with Gasteiger partial charge in [0.15, 0.2) is 5.78 Å². The Morgan fingerprint density at radius 3 is 2.24 bits per heavy atom. The Labute approximate surface area is 154 Å². The largest absolute Gasteiger partial charge is 0.469 e. The van der Waals surface area contributed by atoms with Gasteiger partial charge in [0.2, 0.25) is 5.91 Å². The van der Waals surface area contributed by atoms with E-state index < -0.39 is 5.92 Å². The van der Waals surface area contributed by atoms with E-state index in [2.05, 4.69) is 0 Å². The fourth-order valence-corrected chi connectivity index (χ4v) is 2.59. The van der Waals surface area contributed by atoms with Crippen LogP contribution in [0.4, 0.5) is 0 Å². The first-order valence-corrected chi connectivity index (χ1v) is 8.84. The van der Waals surface area contributed by atoms with Gasteiger partial charge in [-0.15, -0.1) is 0 Å². The van der Waals surface area contributed by atoms with Crippen molar-refractivity contribution in [2.24, 2.45) is 5.92 Å². The number of benzene rings is 1. The smallest absolute Gasteiger partial charge is 0.310 e. The first-order valence-electron chi connectivity index (χ1n) is 8.46. The Bertz CT molecular complexity index is 600. The molecule has 1 aromatic carbocycles. The molecule has 0 aliphatic heterocycles. The van der Waals surface area contributed by atoms with Crippen molar-refractivity contribution in [2.45, 2.75) is 46.1 Å². The number of rotatable bonds is 9. The summed E-state index contributed by atoms with van der Waals surface area (Å²) in [5.74, 6) is -0.990. The number of hydrogen-bond acceptors (Lipinski definition) is 4. The second-order valence-electron chi connectivity index (χ2n) is 6.16. The van der Waals surface area contributed by atoms with Crippen LogP contribution in [0.1, 0.15) is 50.4 Å². The van der Waals surface area contributed by atoms with Gasteiger partial charge in [0.1, 0.15) is 0 Å². The first-order chi connectivity index (χ1) is 11.8. The van der Waals surface area contributed by atoms with Gasteiger partial charge in [0, 0.05) is 36.0 Å². The van der Waals surface area contributed by atoms with Crippen molar-refractivity contribution in [1.29, 1.82) is 0 Å². The molecule has 0 aliphatic rings. The molecule has 138 valence electrons. The fraction of sp³-hybridized carbons (Fsp3) is 0.526. The Morgan fingerprint density at radius 1 is 1.12 bits per heavy atom. The average molecular weight is 368 g/mol. The highest BCUT2D eigenvalue weighted by Crippen LogP contribution is 2.15. The molecule has 0 bridgehead atoms. The van der Waals surface area contributed by atoms with Crippen molar-refractivity contribution in [2.75, 3.05) is 13.7 Å². The molecule has 0 saturated carbocycles. The summed E-state index contributed by atoms with van der Waals surface area (Å²) < 4.78 is 4.73. The molecule has 6 heteroatoms. The molecular weight excluding hydrogens is 342 g/mol. The third-order valence-corrected chi connectivity index (χ3v) is 4.50. The van der Waals surface area contributed by atoms with Crippen molar-refractivity contribution in [3.8, 4) is 0 Å². The maximum atomic E-state index is 12.6. The normalized spacial score (nSPS) is 13.0. The number of halogens is 1. The summed E-state index contributed by atoms with van der Waals surface area (Å²) in [4.78, 5) is 38.1. The van der Waals surface area contributed by atoms with E-state index in [1.807, 2.05) is 13.8 Å². The topological polar surface area (TPSA) is 63.7 Å². The number of carbonyl (C=O) groups excluding carboxylic acids is 3. The summed E-state index contributed by atoms with van der Waals surface area (Å²) in [6.45, 7) is 5.93. The zero-order valence-electron chi connectivity index (χ0n) is 15.3. The number of nitrogens with zero attached hydrogens (tertiary/aromatic N) is 1. The highest BCUT2D eigenvalue weighted by Gasteiger charge is 2.25. The summed E-state index contributed by atoms with van der Waals surface area (Å²) in [6, 6.07) is 6.60. The van der Waals surface area contributed by atoms with Gasteiger partial charge in [-0.05, 0) is 37.6 Å². The maximum Gasteiger partial charge on any atom is 0.310 e. The van der Waals surface area contributed by atoms with E-state index in [1.165, 1.54) is 7.11 Å². The van der Waals surface area contributed by atoms with Crippen LogP contribution >= 0.6 is 11.6 Å². The lowest BCUT2D eigenvalue weighted by molar-refractivity contribution is -0.147. The van der Waals surface area contributed by atoms with Gasteiger partial charge in [0.25, 0.3) is 0 Å². The van der Waals surface area contributed by atoms with E-state index in [0.717, 1.165) is 6.42 Å². The van der Waals surface area contributed by atoms with Gasteiger partial charge in [-0.1, -0.05) is 25.4 Å². The number of hydrogen-bond donors (Lipinski definition) is 0. The Hall–Kier alpha value is -1.88. The molecule has 0 fully saturated rings. The van der Waals surface area contributed by atoms with E-state index in [1.54, 1.807) is 36.1 Å². The molecule has 2 unspecified atom stereocenters. The molecule has 0 heterocycles. The predicted octanol–water partition coefficient (Wildman–Crippen LogP) is 3.74. The van der Waals surface area contributed by atoms with Gasteiger partial charge in [-0.3, -0.25) is 14.4 Å². The average Bonchev–Trinajstić information content (AvgIpc) is 2.62. The van der Waals surface area contributed by atoms with Crippen molar-refractivity contribution >= 4 is 29.3 Å². The number of ketones is 1. The number of amides is 1. The summed E-state index contributed by atoms with van der Waals surface area (Å²) in [5, 5.41) is 0.562. The minimum atomic E-state index is -0.407. The summed E-state index contributed by atoms with van der Waals surface area (Å²) in [7, 11) is 1.33. The van der Waals surface area contributed by atoms with Gasteiger partial charge < -0.3 is 9.64 Å². The van der Waals surface area contributed by atoms with Gasteiger partial charge in [-0.25, -0.2) is 0 Å². The van der Waals surface area contributed by atoms with Crippen LogP contribution in [0.3, 0.4) is 0 Å².